The number of hydrogen-bond acceptors (Lipinski definition) is 2. The fraction of sp³-hybridized carbons (Fsp3) is 0.333. The molecule has 1 atom stereocenters. The largest absolute Gasteiger partial charge is 0.352 e. The minimum atomic E-state index is -0.903. The lowest BCUT2D eigenvalue weighted by Gasteiger charge is -2.35. The zero-order valence-electron chi connectivity index (χ0n) is 14.9. The van der Waals surface area contributed by atoms with Gasteiger partial charge in [-0.15, -0.1) is 0 Å². The van der Waals surface area contributed by atoms with E-state index in [1.807, 2.05) is 12.1 Å². The highest BCUT2D eigenvalue weighted by Crippen LogP contribution is 2.26. The molecule has 2 aromatic carbocycles. The van der Waals surface area contributed by atoms with Crippen LogP contribution in [-0.2, 0) is 22.4 Å². The molecule has 4 nitrogen and oxygen atoms in total. The second-order valence-corrected chi connectivity index (χ2v) is 6.47. The molecule has 1 heterocycles. The maximum absolute atomic E-state index is 14.2. The van der Waals surface area contributed by atoms with Gasteiger partial charge in [0.05, 0.1) is 0 Å². The van der Waals surface area contributed by atoms with Gasteiger partial charge in [-0.05, 0) is 30.0 Å². The van der Waals surface area contributed by atoms with Gasteiger partial charge in [-0.25, -0.2) is 4.39 Å². The Balaban J connectivity index is 1.73. The molecule has 1 aliphatic heterocycles. The summed E-state index contributed by atoms with van der Waals surface area (Å²) in [6.45, 7) is 2.88. The summed E-state index contributed by atoms with van der Waals surface area (Å²) >= 11 is 0. The number of benzene rings is 2. The van der Waals surface area contributed by atoms with Crippen LogP contribution in [0.4, 0.5) is 4.39 Å². The van der Waals surface area contributed by atoms with Crippen molar-refractivity contribution in [3.63, 3.8) is 0 Å². The molecule has 1 unspecified atom stereocenters. The SMILES string of the molecule is CCc1ccc(CCC(=O)N2CCNC(=O)C2c2ccccc2F)cc1. The average molecular weight is 354 g/mol. The monoisotopic (exact) mass is 354 g/mol. The Bertz CT molecular complexity index is 789. The van der Waals surface area contributed by atoms with Gasteiger partial charge in [-0.2, -0.15) is 0 Å². The van der Waals surface area contributed by atoms with E-state index in [1.54, 1.807) is 18.2 Å². The number of amides is 2. The highest BCUT2D eigenvalue weighted by atomic mass is 19.1. The molecular formula is C21H23FN2O2. The van der Waals surface area contributed by atoms with Crippen molar-refractivity contribution in [2.24, 2.45) is 0 Å². The summed E-state index contributed by atoms with van der Waals surface area (Å²) in [7, 11) is 0. The summed E-state index contributed by atoms with van der Waals surface area (Å²) in [6, 6.07) is 13.4. The maximum atomic E-state index is 14.2. The van der Waals surface area contributed by atoms with Gasteiger partial charge >= 0.3 is 0 Å². The molecule has 0 radical (unpaired) electrons. The first-order chi connectivity index (χ1) is 12.6. The Morgan fingerprint density at radius 3 is 2.54 bits per heavy atom. The van der Waals surface area contributed by atoms with Crippen LogP contribution in [0.15, 0.2) is 48.5 Å². The Morgan fingerprint density at radius 1 is 1.15 bits per heavy atom. The third-order valence-electron chi connectivity index (χ3n) is 4.79. The lowest BCUT2D eigenvalue weighted by Crippen LogP contribution is -2.52. The molecule has 26 heavy (non-hydrogen) atoms. The van der Waals surface area contributed by atoms with Crippen molar-refractivity contribution in [3.05, 3.63) is 71.0 Å². The minimum absolute atomic E-state index is 0.132. The fourth-order valence-corrected chi connectivity index (χ4v) is 3.28. The van der Waals surface area contributed by atoms with E-state index in [2.05, 4.69) is 24.4 Å². The second-order valence-electron chi connectivity index (χ2n) is 6.47. The van der Waals surface area contributed by atoms with Crippen molar-refractivity contribution in [2.75, 3.05) is 13.1 Å². The van der Waals surface area contributed by atoms with Crippen LogP contribution in [-0.4, -0.2) is 29.8 Å². The van der Waals surface area contributed by atoms with Crippen molar-refractivity contribution in [3.8, 4) is 0 Å². The molecule has 0 bridgehead atoms. The van der Waals surface area contributed by atoms with Gasteiger partial charge in [-0.3, -0.25) is 9.59 Å². The molecule has 136 valence electrons. The van der Waals surface area contributed by atoms with Crippen LogP contribution in [0.2, 0.25) is 0 Å². The first-order valence-electron chi connectivity index (χ1n) is 8.99. The highest BCUT2D eigenvalue weighted by Gasteiger charge is 2.35. The first kappa shape index (κ1) is 18.1. The molecule has 3 rings (SSSR count). The van der Waals surface area contributed by atoms with Crippen molar-refractivity contribution in [1.29, 1.82) is 0 Å². The van der Waals surface area contributed by atoms with Crippen LogP contribution in [0.5, 0.6) is 0 Å². The fourth-order valence-electron chi connectivity index (χ4n) is 3.28. The first-order valence-corrected chi connectivity index (χ1v) is 8.99. The van der Waals surface area contributed by atoms with Crippen LogP contribution in [0.25, 0.3) is 0 Å². The van der Waals surface area contributed by atoms with Crippen molar-refractivity contribution >= 4 is 11.8 Å². The van der Waals surface area contributed by atoms with Gasteiger partial charge in [0.2, 0.25) is 11.8 Å². The Morgan fingerprint density at radius 2 is 1.85 bits per heavy atom. The highest BCUT2D eigenvalue weighted by molar-refractivity contribution is 5.90. The summed E-state index contributed by atoms with van der Waals surface area (Å²) in [5, 5.41) is 2.73. The topological polar surface area (TPSA) is 49.4 Å². The van der Waals surface area contributed by atoms with E-state index in [9.17, 15) is 14.0 Å². The summed E-state index contributed by atoms with van der Waals surface area (Å²) in [6.07, 6.45) is 1.88. The Labute approximate surface area is 153 Å². The molecule has 1 aliphatic rings. The molecule has 5 heteroatoms. The number of carbonyl (C=O) groups excluding carboxylic acids is 2. The number of rotatable bonds is 5. The maximum Gasteiger partial charge on any atom is 0.247 e. The number of hydrogen-bond donors (Lipinski definition) is 1. The predicted molar refractivity (Wildman–Crippen MR) is 98.0 cm³/mol. The number of carbonyl (C=O) groups is 2. The number of piperazine rings is 1. The number of aryl methyl sites for hydroxylation is 2. The number of halogens is 1. The average Bonchev–Trinajstić information content (AvgIpc) is 2.67. The van der Waals surface area contributed by atoms with Gasteiger partial charge in [0.25, 0.3) is 0 Å². The quantitative estimate of drug-likeness (QED) is 0.897. The van der Waals surface area contributed by atoms with Crippen molar-refractivity contribution in [1.82, 2.24) is 10.2 Å². The molecule has 2 aromatic rings. The van der Waals surface area contributed by atoms with Crippen LogP contribution in [0, 0.1) is 5.82 Å². The lowest BCUT2D eigenvalue weighted by atomic mass is 10.00. The molecule has 0 saturated carbocycles. The van der Waals surface area contributed by atoms with E-state index < -0.39 is 11.9 Å². The normalized spacial score (nSPS) is 17.1. The van der Waals surface area contributed by atoms with E-state index >= 15 is 0 Å². The molecule has 1 saturated heterocycles. The summed E-state index contributed by atoms with van der Waals surface area (Å²) in [4.78, 5) is 26.6. The minimum Gasteiger partial charge on any atom is -0.352 e. The van der Waals surface area contributed by atoms with Crippen LogP contribution < -0.4 is 5.32 Å². The van der Waals surface area contributed by atoms with Gasteiger partial charge in [-0.1, -0.05) is 49.4 Å². The van der Waals surface area contributed by atoms with E-state index in [0.29, 0.717) is 25.9 Å². The zero-order chi connectivity index (χ0) is 18.5. The predicted octanol–water partition coefficient (Wildman–Crippen LogP) is 3.02. The standard InChI is InChI=1S/C21H23FN2O2/c1-2-15-7-9-16(10-8-15)11-12-19(25)24-14-13-23-21(26)20(24)17-5-3-4-6-18(17)22/h3-10,20H,2,11-14H2,1H3,(H,23,26). The third-order valence-corrected chi connectivity index (χ3v) is 4.79. The summed E-state index contributed by atoms with van der Waals surface area (Å²) in [5.41, 5.74) is 2.58. The van der Waals surface area contributed by atoms with Crippen LogP contribution in [0.1, 0.15) is 36.1 Å². The molecule has 1 N–H and O–H groups in total. The lowest BCUT2D eigenvalue weighted by molar-refractivity contribution is -0.143. The smallest absolute Gasteiger partial charge is 0.247 e. The van der Waals surface area contributed by atoms with Crippen LogP contribution in [0.3, 0.4) is 0 Å². The zero-order valence-corrected chi connectivity index (χ0v) is 14.9. The number of nitrogens with one attached hydrogen (secondary N) is 1. The third kappa shape index (κ3) is 3.93. The van der Waals surface area contributed by atoms with E-state index in [-0.39, 0.29) is 17.4 Å². The second kappa shape index (κ2) is 8.13. The Kier molecular flexibility index (Phi) is 5.66. The number of nitrogens with zero attached hydrogens (tertiary/aromatic N) is 1. The van der Waals surface area contributed by atoms with Gasteiger partial charge in [0.1, 0.15) is 11.9 Å². The van der Waals surface area contributed by atoms with Gasteiger partial charge < -0.3 is 10.2 Å². The molecule has 0 aliphatic carbocycles. The molecular weight excluding hydrogens is 331 g/mol. The van der Waals surface area contributed by atoms with Crippen molar-refractivity contribution in [2.45, 2.75) is 32.2 Å². The van der Waals surface area contributed by atoms with E-state index in [4.69, 9.17) is 0 Å². The molecule has 1 fully saturated rings. The summed E-state index contributed by atoms with van der Waals surface area (Å²) in [5.74, 6) is -0.933. The molecule has 2 amide bonds. The Hall–Kier alpha value is -2.69. The van der Waals surface area contributed by atoms with E-state index in [1.165, 1.54) is 16.5 Å². The summed E-state index contributed by atoms with van der Waals surface area (Å²) < 4.78 is 14.2. The van der Waals surface area contributed by atoms with E-state index in [0.717, 1.165) is 12.0 Å². The molecule has 0 aromatic heterocycles. The van der Waals surface area contributed by atoms with Crippen molar-refractivity contribution < 1.29 is 14.0 Å². The van der Waals surface area contributed by atoms with Gasteiger partial charge in [0.15, 0.2) is 0 Å². The van der Waals surface area contributed by atoms with Gasteiger partial charge in [0, 0.05) is 25.1 Å². The molecule has 0 spiro atoms. The van der Waals surface area contributed by atoms with Crippen LogP contribution >= 0.6 is 0 Å².